The lowest BCUT2D eigenvalue weighted by molar-refractivity contribution is -0.405. The van der Waals surface area contributed by atoms with Crippen LogP contribution in [0.25, 0.3) is 0 Å². The molecule has 11 N–H and O–H groups in total. The molecule has 2 unspecified atom stereocenters. The Hall–Kier alpha value is -1.93. The van der Waals surface area contributed by atoms with E-state index in [4.69, 9.17) is 56.8 Å². The lowest BCUT2D eigenvalue weighted by Crippen LogP contribution is -2.67. The molecule has 78 heavy (non-hydrogen) atoms. The highest BCUT2D eigenvalue weighted by Crippen LogP contribution is 2.76. The summed E-state index contributed by atoms with van der Waals surface area (Å²) >= 11 is 0. The Morgan fingerprint density at radius 1 is 0.654 bits per heavy atom. The molecule has 0 amide bonds. The minimum atomic E-state index is -1.92. The van der Waals surface area contributed by atoms with Crippen molar-refractivity contribution in [2.24, 2.45) is 39.4 Å². The molecular formula is C54H84O24. The van der Waals surface area contributed by atoms with Gasteiger partial charge in [-0.25, -0.2) is 0 Å². The Morgan fingerprint density at radius 2 is 1.27 bits per heavy atom. The number of ether oxygens (including phenoxy) is 12. The molecule has 0 radical (unpaired) electrons. The highest BCUT2D eigenvalue weighted by Gasteiger charge is 2.76. The summed E-state index contributed by atoms with van der Waals surface area (Å²) < 4.78 is 72.5. The summed E-state index contributed by atoms with van der Waals surface area (Å²) in [4.78, 5) is 13.8. The van der Waals surface area contributed by atoms with Crippen molar-refractivity contribution in [2.75, 3.05) is 26.9 Å². The SMILES string of the molecule is C=C(C)[C@H]1[C@@H]2C[C@@]3(C)C4=CCC5C(C)(C)[C@@H](O[C@@H]6OC[C@@H](O)[C@H](O)[C@H]6O[C@@H]6O[C@H](C)[C@@H](O[C@@H]7O[C@H](CO)[C@@H](O)[C@H](O[C@@H]8OC[C@@H](O)[C@H](OC)[C@H]8O)[C@H]7O)[C@H](O)[C@H]6O[C@@H]6O[C@H](C)[C@@H](O)[C@H](O)[C@H]6O)CC[C@]5(C)C4CC[C@]13C(=O)O2. The van der Waals surface area contributed by atoms with E-state index < -0.39 is 165 Å². The number of aliphatic hydroxyl groups is 11. The van der Waals surface area contributed by atoms with E-state index in [1.165, 1.54) is 26.5 Å². The zero-order valence-electron chi connectivity index (χ0n) is 45.5. The van der Waals surface area contributed by atoms with Crippen molar-refractivity contribution in [1.82, 2.24) is 0 Å². The van der Waals surface area contributed by atoms with Crippen molar-refractivity contribution >= 4 is 5.97 Å². The molecule has 24 nitrogen and oxygen atoms in total. The van der Waals surface area contributed by atoms with E-state index in [2.05, 4.69) is 40.3 Å². The van der Waals surface area contributed by atoms with Crippen LogP contribution >= 0.6 is 0 Å². The van der Waals surface area contributed by atoms with Crippen LogP contribution in [0.5, 0.6) is 0 Å². The van der Waals surface area contributed by atoms with Crippen LogP contribution in [0.3, 0.4) is 0 Å². The molecule has 6 saturated heterocycles. The number of hydrogen-bond donors (Lipinski definition) is 11. The third-order valence-corrected chi connectivity index (χ3v) is 20.3. The average Bonchev–Trinajstić information content (AvgIpc) is 4.06. The predicted molar refractivity (Wildman–Crippen MR) is 263 cm³/mol. The van der Waals surface area contributed by atoms with E-state index in [-0.39, 0.29) is 53.9 Å². The standard InChI is InChI=1S/C54H84O24/c1-20(2)31-27-16-53(8)24-10-11-29-51(5,6)30(13-14-52(29,7)23(24)12-15-54(31,53)50(66)73-27)74-48-43(33(59)25(56)18-69-48)78-49-44(77-46-36(62)35(61)32(58)21(3)70-46)37(63)40(22(4)71-49)75-47-39(65)42(34(60)28(17-55)72-47)76-45-38(64)41(67-9)26(57)19-68-45/h10,21-23,25-49,55-65H,1,11-19H2,2-9H3/t21-,22-,23?,25-,26-,27+,28-,29?,30+,31+,32-,33+,34-,35+,36-,37+,38-,39-,40-,41+,42+,43-,44-,45+,46+,47+,48+,49+,52-,53+,54-/m1/s1. The first-order valence-electron chi connectivity index (χ1n) is 27.7. The number of rotatable bonds is 13. The topological polar surface area (TPSA) is 350 Å². The van der Waals surface area contributed by atoms with Gasteiger partial charge in [0.2, 0.25) is 0 Å². The second kappa shape index (κ2) is 21.9. The van der Waals surface area contributed by atoms with Crippen LogP contribution in [0.2, 0.25) is 0 Å². The van der Waals surface area contributed by atoms with E-state index in [9.17, 15) is 61.0 Å². The van der Waals surface area contributed by atoms with Gasteiger partial charge < -0.3 is 113 Å². The molecule has 3 saturated carbocycles. The average molecular weight is 1120 g/mol. The van der Waals surface area contributed by atoms with Crippen LogP contribution in [0.15, 0.2) is 23.8 Å². The van der Waals surface area contributed by atoms with Crippen LogP contribution in [0.4, 0.5) is 0 Å². The smallest absolute Gasteiger partial charge is 0.314 e. The number of carbonyl (C=O) groups is 1. The van der Waals surface area contributed by atoms with E-state index in [1.54, 1.807) is 0 Å². The first-order chi connectivity index (χ1) is 36.7. The van der Waals surface area contributed by atoms with Gasteiger partial charge in [0.05, 0.1) is 43.5 Å². The summed E-state index contributed by atoms with van der Waals surface area (Å²) in [6.45, 7) is 16.7. The highest BCUT2D eigenvalue weighted by atomic mass is 16.8. The van der Waals surface area contributed by atoms with Crippen molar-refractivity contribution in [3.8, 4) is 0 Å². The molecule has 24 heteroatoms. The Morgan fingerprint density at radius 3 is 1.96 bits per heavy atom. The third-order valence-electron chi connectivity index (χ3n) is 20.3. The molecule has 6 aliphatic heterocycles. The van der Waals surface area contributed by atoms with E-state index >= 15 is 0 Å². The van der Waals surface area contributed by atoms with Gasteiger partial charge in [0.1, 0.15) is 104 Å². The summed E-state index contributed by atoms with van der Waals surface area (Å²) in [5.41, 5.74) is 0.645. The molecule has 9 fully saturated rings. The maximum Gasteiger partial charge on any atom is 0.314 e. The highest BCUT2D eigenvalue weighted by molar-refractivity contribution is 5.84. The number of fused-ring (bicyclic) bond motifs is 5. The summed E-state index contributed by atoms with van der Waals surface area (Å²) in [7, 11) is 1.25. The number of methoxy groups -OCH3 is 1. The van der Waals surface area contributed by atoms with Gasteiger partial charge in [0.15, 0.2) is 31.5 Å². The fourth-order valence-electron chi connectivity index (χ4n) is 16.1. The van der Waals surface area contributed by atoms with Crippen LogP contribution in [0.1, 0.15) is 87.0 Å². The van der Waals surface area contributed by atoms with Gasteiger partial charge in [-0.2, -0.15) is 0 Å². The van der Waals surface area contributed by atoms with Gasteiger partial charge in [-0.3, -0.25) is 4.79 Å². The summed E-state index contributed by atoms with van der Waals surface area (Å²) in [6.07, 6.45) is -30.3. The molecule has 444 valence electrons. The van der Waals surface area contributed by atoms with Gasteiger partial charge >= 0.3 is 5.97 Å². The van der Waals surface area contributed by atoms with E-state index in [0.29, 0.717) is 12.8 Å². The van der Waals surface area contributed by atoms with Crippen molar-refractivity contribution in [2.45, 2.75) is 241 Å². The largest absolute Gasteiger partial charge is 0.461 e. The van der Waals surface area contributed by atoms with E-state index in [1.807, 2.05) is 6.92 Å². The van der Waals surface area contributed by atoms with Crippen LogP contribution < -0.4 is 0 Å². The molecule has 4 aliphatic carbocycles. The molecule has 2 bridgehead atoms. The lowest BCUT2D eigenvalue weighted by atomic mass is 9.40. The number of allylic oxidation sites excluding steroid dienone is 2. The quantitative estimate of drug-likeness (QED) is 0.0713. The molecule has 1 spiro atoms. The van der Waals surface area contributed by atoms with Crippen LogP contribution in [-0.2, 0) is 61.6 Å². The molecule has 10 aliphatic rings. The fourth-order valence-corrected chi connectivity index (χ4v) is 16.1. The zero-order chi connectivity index (χ0) is 56.5. The molecule has 10 rings (SSSR count). The lowest BCUT2D eigenvalue weighted by Gasteiger charge is -2.64. The van der Waals surface area contributed by atoms with Crippen molar-refractivity contribution in [1.29, 1.82) is 0 Å². The minimum Gasteiger partial charge on any atom is -0.461 e. The first-order valence-corrected chi connectivity index (χ1v) is 27.7. The Labute approximate surface area is 453 Å². The second-order valence-corrected chi connectivity index (χ2v) is 25.0. The van der Waals surface area contributed by atoms with Crippen molar-refractivity contribution in [3.05, 3.63) is 23.8 Å². The van der Waals surface area contributed by atoms with Gasteiger partial charge in [-0.1, -0.05) is 51.5 Å². The number of carbonyl (C=O) groups excluding carboxylic acids is 1. The van der Waals surface area contributed by atoms with Gasteiger partial charge in [0.25, 0.3) is 0 Å². The Balaban J connectivity index is 0.888. The first kappa shape index (κ1) is 59.2. The summed E-state index contributed by atoms with van der Waals surface area (Å²) in [5, 5.41) is 122. The van der Waals surface area contributed by atoms with Crippen molar-refractivity contribution in [3.63, 3.8) is 0 Å². The van der Waals surface area contributed by atoms with Crippen LogP contribution in [0, 0.1) is 39.4 Å². The molecule has 0 aromatic heterocycles. The second-order valence-electron chi connectivity index (χ2n) is 25.0. The monoisotopic (exact) mass is 1120 g/mol. The molecule has 0 aromatic rings. The summed E-state index contributed by atoms with van der Waals surface area (Å²) in [5.74, 6) is 0.179. The minimum absolute atomic E-state index is 0.0271. The molecule has 6 heterocycles. The van der Waals surface area contributed by atoms with E-state index in [0.717, 1.165) is 31.3 Å². The maximum atomic E-state index is 13.8. The van der Waals surface area contributed by atoms with Gasteiger partial charge in [-0.05, 0) is 82.0 Å². The maximum absolute atomic E-state index is 13.8. The molecule has 0 aromatic carbocycles. The number of hydrogen-bond acceptors (Lipinski definition) is 24. The third kappa shape index (κ3) is 9.40. The predicted octanol–water partition coefficient (Wildman–Crippen LogP) is -1.85. The zero-order valence-corrected chi connectivity index (χ0v) is 45.5. The van der Waals surface area contributed by atoms with Crippen molar-refractivity contribution < 1.29 is 118 Å². The van der Waals surface area contributed by atoms with Gasteiger partial charge in [-0.15, -0.1) is 0 Å². The normalized spacial score (nSPS) is 54.8. The number of esters is 1. The fraction of sp³-hybridized carbons (Fsp3) is 0.907. The van der Waals surface area contributed by atoms with Crippen LogP contribution in [-0.4, -0.2) is 243 Å². The Bertz CT molecular complexity index is 2200. The number of aliphatic hydroxyl groups excluding tert-OH is 11. The molecular weight excluding hydrogens is 1030 g/mol. The van der Waals surface area contributed by atoms with Gasteiger partial charge in [0, 0.05) is 18.4 Å². The molecule has 31 atom stereocenters. The Kier molecular flexibility index (Phi) is 16.6. The summed E-state index contributed by atoms with van der Waals surface area (Å²) in [6, 6.07) is 0.